The second-order valence-electron chi connectivity index (χ2n) is 7.24. The number of aromatic nitrogens is 2. The van der Waals surface area contributed by atoms with Crippen LogP contribution >= 0.6 is 23.5 Å². The number of alkyl halides is 2. The van der Waals surface area contributed by atoms with Crippen LogP contribution in [0.2, 0.25) is 0 Å². The van der Waals surface area contributed by atoms with Crippen LogP contribution in [0.1, 0.15) is 20.1 Å². The SMILES string of the molecule is CC(C)(OP(=O)(O)OP(=O)(O)OP(=O)(O)O)[C@H]1O[C@@H](n2ccc(N)nc2=O)C(F)(CF)[C@H]1O. The quantitative estimate of drug-likeness (QED) is 0.221. The van der Waals surface area contributed by atoms with Crippen molar-refractivity contribution in [2.24, 2.45) is 0 Å². The summed E-state index contributed by atoms with van der Waals surface area (Å²) in [6.45, 7) is -0.119. The highest BCUT2D eigenvalue weighted by atomic mass is 31.3. The highest BCUT2D eigenvalue weighted by Crippen LogP contribution is 2.67. The summed E-state index contributed by atoms with van der Waals surface area (Å²) in [5, 5.41) is 10.4. The highest BCUT2D eigenvalue weighted by molar-refractivity contribution is 7.66. The molecule has 0 bridgehead atoms. The van der Waals surface area contributed by atoms with Crippen molar-refractivity contribution in [3.63, 3.8) is 0 Å². The standard InChI is InChI=1S/C12H20F2N3O13P3/c1-11(2,28-32(23,24)30-33(25,26)29-31(20,21)22)8-7(18)12(14,5-13)9(27-8)17-4-3-6(15)16-10(17)19/h3-4,7-9,18H,5H2,1-2H3,(H,23,24)(H,25,26)(H2,15,16,19)(H2,20,21,22)/t7-,8-,9+,12?/m0/s1. The van der Waals surface area contributed by atoms with Crippen molar-refractivity contribution in [2.75, 3.05) is 12.4 Å². The van der Waals surface area contributed by atoms with Crippen molar-refractivity contribution >= 4 is 29.3 Å². The van der Waals surface area contributed by atoms with E-state index in [9.17, 15) is 37.8 Å². The predicted octanol–water partition coefficient (Wildman–Crippen LogP) is -0.117. The number of anilines is 1. The number of ether oxygens (including phenoxy) is 1. The molecule has 0 aliphatic carbocycles. The largest absolute Gasteiger partial charge is 0.490 e. The van der Waals surface area contributed by atoms with Gasteiger partial charge in [0.05, 0.1) is 0 Å². The van der Waals surface area contributed by atoms with E-state index in [0.29, 0.717) is 4.57 Å². The van der Waals surface area contributed by atoms with E-state index >= 15 is 4.39 Å². The smallest absolute Gasteiger partial charge is 0.387 e. The lowest BCUT2D eigenvalue weighted by Gasteiger charge is -2.34. The van der Waals surface area contributed by atoms with Crippen LogP contribution in [-0.2, 0) is 31.6 Å². The molecule has 0 aromatic carbocycles. The fourth-order valence-electron chi connectivity index (χ4n) is 2.96. The lowest BCUT2D eigenvalue weighted by molar-refractivity contribution is -0.120. The summed E-state index contributed by atoms with van der Waals surface area (Å²) in [5.74, 6) is -0.260. The minimum atomic E-state index is -5.88. The minimum Gasteiger partial charge on any atom is -0.387 e. The average Bonchev–Trinajstić information content (AvgIpc) is 2.83. The van der Waals surface area contributed by atoms with Gasteiger partial charge in [-0.1, -0.05) is 0 Å². The minimum absolute atomic E-state index is 0.260. The van der Waals surface area contributed by atoms with Gasteiger partial charge in [-0.3, -0.25) is 9.09 Å². The van der Waals surface area contributed by atoms with E-state index in [1.807, 2.05) is 0 Å². The summed E-state index contributed by atoms with van der Waals surface area (Å²) < 4.78 is 80.8. The molecule has 21 heteroatoms. The second-order valence-corrected chi connectivity index (χ2v) is 11.6. The van der Waals surface area contributed by atoms with E-state index in [0.717, 1.165) is 26.1 Å². The second kappa shape index (κ2) is 9.15. The van der Waals surface area contributed by atoms with Crippen LogP contribution in [0.4, 0.5) is 14.6 Å². The Labute approximate surface area is 183 Å². The first-order valence-electron chi connectivity index (χ1n) is 8.51. The molecule has 190 valence electrons. The van der Waals surface area contributed by atoms with Gasteiger partial charge in [0.2, 0.25) is 5.67 Å². The van der Waals surface area contributed by atoms with Gasteiger partial charge in [0.15, 0.2) is 6.23 Å². The molecule has 1 fully saturated rings. The third-order valence-corrected chi connectivity index (χ3v) is 8.25. The van der Waals surface area contributed by atoms with Gasteiger partial charge >= 0.3 is 29.2 Å². The number of nitrogen functional groups attached to an aromatic ring is 1. The van der Waals surface area contributed by atoms with Crippen molar-refractivity contribution in [3.8, 4) is 0 Å². The normalized spacial score (nSPS) is 30.0. The van der Waals surface area contributed by atoms with Gasteiger partial charge in [-0.2, -0.15) is 13.6 Å². The van der Waals surface area contributed by atoms with Gasteiger partial charge in [-0.15, -0.1) is 0 Å². The molecule has 0 spiro atoms. The lowest BCUT2D eigenvalue weighted by Crippen LogP contribution is -2.51. The molecule has 0 radical (unpaired) electrons. The molecule has 0 amide bonds. The van der Waals surface area contributed by atoms with E-state index in [1.54, 1.807) is 0 Å². The zero-order valence-electron chi connectivity index (χ0n) is 16.7. The maximum Gasteiger partial charge on any atom is 0.490 e. The van der Waals surface area contributed by atoms with Crippen molar-refractivity contribution < 1.29 is 65.0 Å². The summed E-state index contributed by atoms with van der Waals surface area (Å²) in [7, 11) is -17.3. The van der Waals surface area contributed by atoms with Crippen LogP contribution in [0.5, 0.6) is 0 Å². The van der Waals surface area contributed by atoms with E-state index in [4.69, 9.17) is 20.3 Å². The molecule has 1 aliphatic heterocycles. The van der Waals surface area contributed by atoms with Crippen LogP contribution < -0.4 is 11.4 Å². The van der Waals surface area contributed by atoms with E-state index in [1.165, 1.54) is 0 Å². The summed E-state index contributed by atoms with van der Waals surface area (Å²) in [4.78, 5) is 51.4. The van der Waals surface area contributed by atoms with Crippen LogP contribution in [0, 0.1) is 0 Å². The van der Waals surface area contributed by atoms with E-state index < -0.39 is 65.5 Å². The third kappa shape index (κ3) is 6.51. The summed E-state index contributed by atoms with van der Waals surface area (Å²) in [5.41, 5.74) is -1.48. The fourth-order valence-corrected chi connectivity index (χ4v) is 6.30. The molecule has 6 atom stereocenters. The Hall–Kier alpha value is -1.13. The number of nitrogens with zero attached hydrogens (tertiary/aromatic N) is 2. The van der Waals surface area contributed by atoms with Gasteiger partial charge in [0.1, 0.15) is 30.3 Å². The molecule has 1 aromatic rings. The maximum absolute atomic E-state index is 15.4. The number of nitrogens with two attached hydrogens (primary N) is 1. The molecule has 1 aliphatic rings. The van der Waals surface area contributed by atoms with Crippen LogP contribution in [0.15, 0.2) is 17.1 Å². The van der Waals surface area contributed by atoms with E-state index in [2.05, 4.69) is 18.1 Å². The third-order valence-electron chi connectivity index (χ3n) is 4.23. The molecule has 1 aromatic heterocycles. The number of aliphatic hydroxyl groups excluding tert-OH is 1. The van der Waals surface area contributed by atoms with Crippen LogP contribution in [0.3, 0.4) is 0 Å². The fraction of sp³-hybridized carbons (Fsp3) is 0.667. The predicted molar refractivity (Wildman–Crippen MR) is 102 cm³/mol. The van der Waals surface area contributed by atoms with Gasteiger partial charge in [0.25, 0.3) is 0 Å². The van der Waals surface area contributed by atoms with Gasteiger partial charge in [-0.25, -0.2) is 27.3 Å². The molecule has 3 unspecified atom stereocenters. The van der Waals surface area contributed by atoms with Crippen molar-refractivity contribution in [1.82, 2.24) is 9.55 Å². The number of hydrogen-bond acceptors (Lipinski definition) is 11. The number of halogens is 2. The summed E-state index contributed by atoms with van der Waals surface area (Å²) >= 11 is 0. The monoisotopic (exact) mass is 545 g/mol. The van der Waals surface area contributed by atoms with Crippen LogP contribution in [0.25, 0.3) is 0 Å². The summed E-state index contributed by atoms with van der Waals surface area (Å²) in [6, 6.07) is 1.04. The molecular weight excluding hydrogens is 525 g/mol. The Morgan fingerprint density at radius 1 is 1.24 bits per heavy atom. The molecule has 2 heterocycles. The summed E-state index contributed by atoms with van der Waals surface area (Å²) in [6.07, 6.45) is -5.73. The Bertz CT molecular complexity index is 1100. The number of phosphoric ester groups is 1. The Morgan fingerprint density at radius 2 is 1.82 bits per heavy atom. The zero-order valence-corrected chi connectivity index (χ0v) is 19.3. The Kier molecular flexibility index (Phi) is 7.79. The Morgan fingerprint density at radius 3 is 2.30 bits per heavy atom. The molecule has 33 heavy (non-hydrogen) atoms. The number of hydrogen-bond donors (Lipinski definition) is 6. The molecular formula is C12H20F2N3O13P3. The number of aliphatic hydroxyl groups is 1. The average molecular weight is 545 g/mol. The lowest BCUT2D eigenvalue weighted by atomic mass is 9.89. The Balaban J connectivity index is 2.34. The maximum atomic E-state index is 15.4. The first-order valence-corrected chi connectivity index (χ1v) is 13.0. The zero-order chi connectivity index (χ0) is 25.6. The molecule has 1 saturated heterocycles. The van der Waals surface area contributed by atoms with Gasteiger partial charge < -0.3 is 35.2 Å². The first-order chi connectivity index (χ1) is 14.7. The molecule has 16 nitrogen and oxygen atoms in total. The van der Waals surface area contributed by atoms with Crippen molar-refractivity contribution in [3.05, 3.63) is 22.7 Å². The van der Waals surface area contributed by atoms with Crippen LogP contribution in [-0.4, -0.2) is 64.4 Å². The topological polar surface area (TPSA) is 250 Å². The highest BCUT2D eigenvalue weighted by Gasteiger charge is 2.63. The molecule has 2 rings (SSSR count). The van der Waals surface area contributed by atoms with Gasteiger partial charge in [-0.05, 0) is 19.9 Å². The van der Waals surface area contributed by atoms with Gasteiger partial charge in [0, 0.05) is 6.20 Å². The number of phosphoric acid groups is 3. The van der Waals surface area contributed by atoms with E-state index in [-0.39, 0.29) is 5.82 Å². The first kappa shape index (κ1) is 28.1. The van der Waals surface area contributed by atoms with Crippen molar-refractivity contribution in [2.45, 2.75) is 43.6 Å². The number of rotatable bonds is 9. The van der Waals surface area contributed by atoms with Crippen molar-refractivity contribution in [1.29, 1.82) is 0 Å². The molecule has 7 N–H and O–H groups in total. The molecule has 0 saturated carbocycles.